The highest BCUT2D eigenvalue weighted by molar-refractivity contribution is 7.96. The molecule has 5 rings (SSSR count). The Labute approximate surface area is 361 Å². The van der Waals surface area contributed by atoms with E-state index in [4.69, 9.17) is 13.6 Å². The average Bonchev–Trinajstić information content (AvgIpc) is 3.20. The van der Waals surface area contributed by atoms with Crippen LogP contribution in [-0.2, 0) is 29.6 Å². The first-order chi connectivity index (χ1) is 28.2. The number of esters is 1. The largest absolute Gasteiger partial charge is 0.457 e. The number of hydrogen-bond donors (Lipinski definition) is 0. The Morgan fingerprint density at radius 3 is 1.65 bits per heavy atom. The minimum absolute atomic E-state index is 0.00789. The van der Waals surface area contributed by atoms with Crippen molar-refractivity contribution in [1.82, 2.24) is 4.90 Å². The number of benzene rings is 4. The lowest BCUT2D eigenvalue weighted by atomic mass is 9.79. The molecule has 0 aliphatic carbocycles. The van der Waals surface area contributed by atoms with Crippen molar-refractivity contribution in [2.45, 2.75) is 110 Å². The van der Waals surface area contributed by atoms with E-state index < -0.39 is 47.6 Å². The number of β-lactam (4-membered cyclic amide) rings is 1. The Hall–Kier alpha value is -4.12. The van der Waals surface area contributed by atoms with E-state index in [0.29, 0.717) is 12.2 Å². The molecule has 0 bridgehead atoms. The van der Waals surface area contributed by atoms with E-state index >= 15 is 9.59 Å². The molecule has 0 aromatic heterocycles. The van der Waals surface area contributed by atoms with Crippen molar-refractivity contribution in [3.05, 3.63) is 139 Å². The van der Waals surface area contributed by atoms with Crippen LogP contribution in [0.2, 0.25) is 36.3 Å². The molecule has 1 aliphatic rings. The Morgan fingerprint density at radius 1 is 0.750 bits per heavy atom. The Kier molecular flexibility index (Phi) is 14.8. The quantitative estimate of drug-likeness (QED) is 0.0263. The fraction of sp³-hybridized carbons (Fsp3) is 0.400. The second kappa shape index (κ2) is 18.9. The van der Waals surface area contributed by atoms with Gasteiger partial charge in [0.05, 0.1) is 18.1 Å². The summed E-state index contributed by atoms with van der Waals surface area (Å²) in [5.74, 6) is -1.67. The number of Topliss-reactive ketones (excluding diaryl/α,β-unsaturated/α-hetero) is 1. The molecular weight excluding hydrogens is 798 g/mol. The predicted octanol–water partition coefficient (Wildman–Crippen LogP) is 9.91. The van der Waals surface area contributed by atoms with E-state index in [1.54, 1.807) is 4.90 Å². The van der Waals surface area contributed by atoms with Gasteiger partial charge in [-0.1, -0.05) is 169 Å². The fourth-order valence-corrected chi connectivity index (χ4v) is 14.3. The summed E-state index contributed by atoms with van der Waals surface area (Å²) < 4.78 is 19.4. The standard InChI is InChI=1S/C50H66NO6PSi2/c1-13-34-55-48(54)47(58(40-23-17-14-18-24-40,41-25-19-15-20-26-41)42-27-21-16-22-28-42)51-43(45(46(51)53)37(2)57-60(11,12)50(6,7)8)36-44(52)39-31-29-38(30-32-39)33-35-56-59(9,10)49(3,4)5/h13-32,37,43,45H,1,33-36H2,2-12H3/t37?,43-,45-/m1/s1. The molecule has 0 N–H and O–H groups in total. The van der Waals surface area contributed by atoms with E-state index in [9.17, 15) is 4.79 Å². The molecule has 60 heavy (non-hydrogen) atoms. The molecule has 10 heteroatoms. The number of carbonyl (C=O) groups excluding carboxylic acids is 3. The zero-order chi connectivity index (χ0) is 44.1. The summed E-state index contributed by atoms with van der Waals surface area (Å²) >= 11 is 0. The van der Waals surface area contributed by atoms with Gasteiger partial charge >= 0.3 is 5.97 Å². The van der Waals surface area contributed by atoms with Crippen LogP contribution in [0.1, 0.15) is 70.8 Å². The van der Waals surface area contributed by atoms with Crippen LogP contribution in [0.4, 0.5) is 0 Å². The third kappa shape index (κ3) is 9.82. The minimum Gasteiger partial charge on any atom is -0.457 e. The smallest absolute Gasteiger partial charge is 0.356 e. The van der Waals surface area contributed by atoms with E-state index in [1.165, 1.54) is 6.08 Å². The maximum atomic E-state index is 15.2. The van der Waals surface area contributed by atoms with Crippen molar-refractivity contribution < 1.29 is 28.0 Å². The van der Waals surface area contributed by atoms with Crippen LogP contribution in [0.3, 0.4) is 0 Å². The molecule has 1 aliphatic heterocycles. The highest BCUT2D eigenvalue weighted by Crippen LogP contribution is 2.51. The molecule has 0 saturated carbocycles. The third-order valence-corrected chi connectivity index (χ3v) is 26.2. The molecule has 1 heterocycles. The molecular formula is C50H66NO6PSi2. The fourth-order valence-electron chi connectivity index (χ4n) is 7.45. The number of carbonyl (C=O) groups is 3. The SMILES string of the molecule is C=CCOC(=O)C(N1C(=O)[C@H](C(C)O[Si](C)(C)C(C)(C)C)[C@H]1CC(=O)c1ccc(CCO[Si](C)(C)C(C)(C)C)cc1)=P(c1ccccc1)(c1ccccc1)c1ccccc1. The topological polar surface area (TPSA) is 82.1 Å². The van der Waals surface area contributed by atoms with Crippen LogP contribution in [0.5, 0.6) is 0 Å². The number of rotatable bonds is 17. The molecule has 3 atom stereocenters. The summed E-state index contributed by atoms with van der Waals surface area (Å²) in [5.41, 5.74) is 1.87. The summed E-state index contributed by atoms with van der Waals surface area (Å²) in [5, 5.41) is 2.65. The molecule has 1 unspecified atom stereocenters. The normalized spacial score (nSPS) is 16.8. The van der Waals surface area contributed by atoms with Crippen LogP contribution in [0.15, 0.2) is 128 Å². The lowest BCUT2D eigenvalue weighted by Crippen LogP contribution is -2.69. The summed E-state index contributed by atoms with van der Waals surface area (Å²) in [6.07, 6.45) is 1.75. The van der Waals surface area contributed by atoms with Gasteiger partial charge in [0.2, 0.25) is 5.91 Å². The van der Waals surface area contributed by atoms with Crippen molar-refractivity contribution in [3.8, 4) is 0 Å². The molecule has 1 fully saturated rings. The monoisotopic (exact) mass is 863 g/mol. The van der Waals surface area contributed by atoms with Gasteiger partial charge < -0.3 is 18.5 Å². The maximum Gasteiger partial charge on any atom is 0.356 e. The number of likely N-dealkylation sites (tertiary alicyclic amines) is 1. The van der Waals surface area contributed by atoms with Gasteiger partial charge in [-0.2, -0.15) is 0 Å². The van der Waals surface area contributed by atoms with Crippen LogP contribution < -0.4 is 15.9 Å². The second-order valence-electron chi connectivity index (χ2n) is 19.0. The molecule has 7 nitrogen and oxygen atoms in total. The van der Waals surface area contributed by atoms with Gasteiger partial charge in [-0.25, -0.2) is 4.79 Å². The number of nitrogens with zero attached hydrogens (tertiary/aromatic N) is 1. The number of ether oxygens (including phenoxy) is 1. The molecule has 0 radical (unpaired) electrons. The Balaban J connectivity index is 1.68. The maximum absolute atomic E-state index is 15.2. The third-order valence-electron chi connectivity index (χ3n) is 12.9. The zero-order valence-electron chi connectivity index (χ0n) is 37.7. The molecule has 4 aromatic carbocycles. The summed E-state index contributed by atoms with van der Waals surface area (Å²) in [6.45, 7) is 25.2. The number of amides is 1. The van der Waals surface area contributed by atoms with Gasteiger partial charge in [0.1, 0.15) is 12.0 Å². The molecule has 0 spiro atoms. The van der Waals surface area contributed by atoms with Gasteiger partial charge in [0, 0.05) is 25.5 Å². The first-order valence-corrected chi connectivity index (χ1v) is 28.8. The van der Waals surface area contributed by atoms with Crippen LogP contribution >= 0.6 is 6.89 Å². The molecule has 1 amide bonds. The van der Waals surface area contributed by atoms with Crippen LogP contribution in [0.25, 0.3) is 0 Å². The lowest BCUT2D eigenvalue weighted by Gasteiger charge is -2.53. The lowest BCUT2D eigenvalue weighted by molar-refractivity contribution is -0.156. The van der Waals surface area contributed by atoms with Gasteiger partial charge in [-0.3, -0.25) is 9.59 Å². The van der Waals surface area contributed by atoms with Crippen molar-refractivity contribution >= 4 is 62.5 Å². The van der Waals surface area contributed by atoms with Crippen molar-refractivity contribution in [2.24, 2.45) is 5.92 Å². The van der Waals surface area contributed by atoms with Gasteiger partial charge in [0.15, 0.2) is 22.4 Å². The average molecular weight is 864 g/mol. The van der Waals surface area contributed by atoms with Crippen LogP contribution in [-0.4, -0.2) is 70.0 Å². The summed E-state index contributed by atoms with van der Waals surface area (Å²) in [7, 11) is -4.26. The number of ketones is 1. The van der Waals surface area contributed by atoms with E-state index in [1.807, 2.05) is 122 Å². The van der Waals surface area contributed by atoms with Gasteiger partial charge in [-0.15, -0.1) is 0 Å². The molecule has 320 valence electrons. The Bertz CT molecular complexity index is 2070. The highest BCUT2D eigenvalue weighted by atomic mass is 31.2. The van der Waals surface area contributed by atoms with Crippen molar-refractivity contribution in [2.75, 3.05) is 13.2 Å². The van der Waals surface area contributed by atoms with Crippen molar-refractivity contribution in [1.29, 1.82) is 0 Å². The second-order valence-corrected chi connectivity index (χ2v) is 31.8. The summed E-state index contributed by atoms with van der Waals surface area (Å²) in [4.78, 5) is 46.5. The van der Waals surface area contributed by atoms with Crippen molar-refractivity contribution in [3.63, 3.8) is 0 Å². The summed E-state index contributed by atoms with van der Waals surface area (Å²) in [6, 6.07) is 36.8. The minimum atomic E-state index is -3.18. The molecule has 1 saturated heterocycles. The number of hydrogen-bond acceptors (Lipinski definition) is 6. The van der Waals surface area contributed by atoms with Gasteiger partial charge in [-0.05, 0) is 71.1 Å². The van der Waals surface area contributed by atoms with E-state index in [-0.39, 0.29) is 40.2 Å². The molecule has 4 aromatic rings. The van der Waals surface area contributed by atoms with Crippen LogP contribution in [0, 0.1) is 5.92 Å². The first-order valence-electron chi connectivity index (χ1n) is 21.2. The van der Waals surface area contributed by atoms with E-state index in [2.05, 4.69) is 74.3 Å². The zero-order valence-corrected chi connectivity index (χ0v) is 40.6. The predicted molar refractivity (Wildman–Crippen MR) is 255 cm³/mol. The first kappa shape index (κ1) is 46.9. The van der Waals surface area contributed by atoms with E-state index in [0.717, 1.165) is 27.9 Å². The Morgan fingerprint density at radius 2 is 1.22 bits per heavy atom. The highest BCUT2D eigenvalue weighted by Gasteiger charge is 2.57. The van der Waals surface area contributed by atoms with Gasteiger partial charge in [0.25, 0.3) is 0 Å².